The maximum Gasteiger partial charge on any atom is 0.311 e. The number of thioether (sulfide) groups is 2. The van der Waals surface area contributed by atoms with E-state index in [0.29, 0.717) is 0 Å². The first kappa shape index (κ1) is 18.1. The lowest BCUT2D eigenvalue weighted by atomic mass is 10.1. The van der Waals surface area contributed by atoms with Crippen molar-refractivity contribution in [2.24, 2.45) is 0 Å². The Hall–Kier alpha value is -2.98. The van der Waals surface area contributed by atoms with Crippen LogP contribution < -0.4 is 9.75 Å². The fourth-order valence-electron chi connectivity index (χ4n) is 3.28. The molecule has 10 heteroatoms. The monoisotopic (exact) mass is 425 g/mol. The number of hydrogen-bond donors (Lipinski definition) is 0. The van der Waals surface area contributed by atoms with Gasteiger partial charge in [-0.3, -0.25) is 15.1 Å². The first-order valence-electron chi connectivity index (χ1n) is 8.82. The van der Waals surface area contributed by atoms with Gasteiger partial charge in [0.15, 0.2) is 11.6 Å². The largest absolute Gasteiger partial charge is 0.482 e. The van der Waals surface area contributed by atoms with E-state index in [9.17, 15) is 10.1 Å². The molecule has 0 radical (unpaired) electrons. The Kier molecular flexibility index (Phi) is 4.44. The van der Waals surface area contributed by atoms with Crippen molar-refractivity contribution in [3.8, 4) is 5.75 Å². The Labute approximate surface area is 174 Å². The molecule has 0 fully saturated rings. The highest BCUT2D eigenvalue weighted by Gasteiger charge is 2.39. The molecule has 0 amide bonds. The van der Waals surface area contributed by atoms with Crippen LogP contribution in [-0.4, -0.2) is 19.8 Å². The van der Waals surface area contributed by atoms with E-state index < -0.39 is 4.92 Å². The summed E-state index contributed by atoms with van der Waals surface area (Å²) < 4.78 is 7.70. The van der Waals surface area contributed by atoms with E-state index >= 15 is 0 Å². The van der Waals surface area contributed by atoms with Crippen molar-refractivity contribution in [3.05, 3.63) is 86.0 Å². The quantitative estimate of drug-likeness (QED) is 0.440. The highest BCUT2D eigenvalue weighted by molar-refractivity contribution is 8.07. The predicted molar refractivity (Wildman–Crippen MR) is 111 cm³/mol. The van der Waals surface area contributed by atoms with Gasteiger partial charge in [-0.05, 0) is 35.9 Å². The van der Waals surface area contributed by atoms with Crippen LogP contribution in [0.3, 0.4) is 0 Å². The van der Waals surface area contributed by atoms with Crippen LogP contribution in [0.5, 0.6) is 5.75 Å². The van der Waals surface area contributed by atoms with E-state index in [-0.39, 0.29) is 23.4 Å². The average molecular weight is 425 g/mol. The van der Waals surface area contributed by atoms with Crippen LogP contribution in [-0.2, 0) is 6.61 Å². The van der Waals surface area contributed by atoms with Crippen molar-refractivity contribution in [2.75, 3.05) is 5.01 Å². The Morgan fingerprint density at radius 3 is 2.83 bits per heavy atom. The van der Waals surface area contributed by atoms with Gasteiger partial charge in [0, 0.05) is 11.5 Å². The molecule has 0 N–H and O–H groups in total. The molecule has 1 unspecified atom stereocenters. The molecule has 0 saturated heterocycles. The second-order valence-electron chi connectivity index (χ2n) is 6.49. The molecule has 0 bridgehead atoms. The first-order valence-corrected chi connectivity index (χ1v) is 10.6. The average Bonchev–Trinajstić information content (AvgIpc) is 3.39. The number of ether oxygens (including phenoxy) is 1. The molecule has 5 rings (SSSR count). The fourth-order valence-corrected chi connectivity index (χ4v) is 5.54. The highest BCUT2D eigenvalue weighted by atomic mass is 32.2. The third-order valence-electron chi connectivity index (χ3n) is 4.63. The molecule has 146 valence electrons. The molecule has 29 heavy (non-hydrogen) atoms. The summed E-state index contributed by atoms with van der Waals surface area (Å²) in [6, 6.07) is 14.7. The number of aryl methyl sites for hydroxylation is 1. The summed E-state index contributed by atoms with van der Waals surface area (Å²) in [6.45, 7) is 2.17. The lowest BCUT2D eigenvalue weighted by Gasteiger charge is -2.25. The summed E-state index contributed by atoms with van der Waals surface area (Å²) in [7, 11) is 0. The van der Waals surface area contributed by atoms with Gasteiger partial charge in [0.05, 0.1) is 4.92 Å². The number of benzene rings is 2. The number of nitro groups is 1. The van der Waals surface area contributed by atoms with Gasteiger partial charge in [-0.1, -0.05) is 48.2 Å². The molecule has 1 atom stereocenters. The van der Waals surface area contributed by atoms with Crippen LogP contribution in [0.1, 0.15) is 22.3 Å². The fraction of sp³-hybridized carbons (Fsp3) is 0.158. The molecule has 3 aromatic rings. The number of nitrogens with zero attached hydrogens (tertiary/aromatic N) is 5. The van der Waals surface area contributed by atoms with Crippen molar-refractivity contribution in [1.29, 1.82) is 0 Å². The summed E-state index contributed by atoms with van der Waals surface area (Å²) >= 11 is 3.15. The van der Waals surface area contributed by atoms with Gasteiger partial charge >= 0.3 is 5.69 Å². The zero-order valence-corrected chi connectivity index (χ0v) is 16.9. The maximum absolute atomic E-state index is 11.7. The summed E-state index contributed by atoms with van der Waals surface area (Å²) in [4.78, 5) is 11.3. The summed E-state index contributed by atoms with van der Waals surface area (Å²) in [5.41, 5.74) is 1.73. The van der Waals surface area contributed by atoms with E-state index in [1.807, 2.05) is 48.0 Å². The highest BCUT2D eigenvalue weighted by Crippen LogP contribution is 2.51. The molecule has 2 aliphatic rings. The smallest absolute Gasteiger partial charge is 0.311 e. The SMILES string of the molecule is Cc1nnc2n1N1C(=CSC1c1ccc(OCc3ccccc3)c([N+](=O)[O-])c1)S2. The molecule has 0 aliphatic carbocycles. The summed E-state index contributed by atoms with van der Waals surface area (Å²) in [6.07, 6.45) is 0. The Morgan fingerprint density at radius 2 is 2.03 bits per heavy atom. The number of rotatable bonds is 5. The molecular formula is C19H15N5O3S2. The molecule has 8 nitrogen and oxygen atoms in total. The van der Waals surface area contributed by atoms with Gasteiger partial charge in [-0.15, -0.1) is 10.2 Å². The normalized spacial score (nSPS) is 17.1. The molecule has 3 heterocycles. The van der Waals surface area contributed by atoms with Crippen LogP contribution in [0.15, 0.2) is 64.1 Å². The van der Waals surface area contributed by atoms with E-state index in [0.717, 1.165) is 27.1 Å². The number of hydrogen-bond acceptors (Lipinski definition) is 8. The molecule has 0 spiro atoms. The predicted octanol–water partition coefficient (Wildman–Crippen LogP) is 4.36. The number of nitro benzene ring substituents is 1. The molecule has 1 aromatic heterocycles. The van der Waals surface area contributed by atoms with Crippen LogP contribution in [0.4, 0.5) is 5.69 Å². The lowest BCUT2D eigenvalue weighted by Crippen LogP contribution is -2.30. The van der Waals surface area contributed by atoms with Gasteiger partial charge < -0.3 is 4.74 Å². The van der Waals surface area contributed by atoms with Crippen molar-refractivity contribution in [3.63, 3.8) is 0 Å². The minimum Gasteiger partial charge on any atom is -0.482 e. The second kappa shape index (κ2) is 7.12. The molecular weight excluding hydrogens is 410 g/mol. The van der Waals surface area contributed by atoms with Gasteiger partial charge in [0.1, 0.15) is 17.0 Å². The van der Waals surface area contributed by atoms with Crippen molar-refractivity contribution in [1.82, 2.24) is 14.9 Å². The van der Waals surface area contributed by atoms with Crippen molar-refractivity contribution < 1.29 is 9.66 Å². The van der Waals surface area contributed by atoms with E-state index in [1.165, 1.54) is 0 Å². The Morgan fingerprint density at radius 1 is 1.21 bits per heavy atom. The van der Waals surface area contributed by atoms with Crippen LogP contribution >= 0.6 is 23.5 Å². The molecule has 2 aromatic carbocycles. The second-order valence-corrected chi connectivity index (χ2v) is 8.43. The minimum atomic E-state index is -0.397. The standard InChI is InChI=1S/C19H15N5O3S2/c1-12-20-21-19-22(12)23-17(29-19)11-28-18(23)14-7-8-16(15(9-14)24(25)26)27-10-13-5-3-2-4-6-13/h2-9,11,18H,10H2,1H3. The van der Waals surface area contributed by atoms with Gasteiger partial charge in [0.25, 0.3) is 0 Å². The third-order valence-corrected chi connectivity index (χ3v) is 6.82. The Balaban J connectivity index is 1.44. The van der Waals surface area contributed by atoms with Crippen molar-refractivity contribution in [2.45, 2.75) is 24.1 Å². The zero-order valence-electron chi connectivity index (χ0n) is 15.3. The van der Waals surface area contributed by atoms with Crippen molar-refractivity contribution >= 4 is 29.2 Å². The van der Waals surface area contributed by atoms with Gasteiger partial charge in [-0.2, -0.15) is 0 Å². The number of aromatic nitrogens is 3. The molecule has 2 aliphatic heterocycles. The van der Waals surface area contributed by atoms with Crippen LogP contribution in [0.25, 0.3) is 0 Å². The van der Waals surface area contributed by atoms with Crippen LogP contribution in [0.2, 0.25) is 0 Å². The summed E-state index contributed by atoms with van der Waals surface area (Å²) in [5, 5.41) is 25.8. The van der Waals surface area contributed by atoms with E-state index in [4.69, 9.17) is 4.74 Å². The lowest BCUT2D eigenvalue weighted by molar-refractivity contribution is -0.386. The van der Waals surface area contributed by atoms with E-state index in [1.54, 1.807) is 35.7 Å². The zero-order chi connectivity index (χ0) is 20.0. The maximum atomic E-state index is 11.7. The number of fused-ring (bicyclic) bond motifs is 3. The minimum absolute atomic E-state index is 0.0416. The summed E-state index contributed by atoms with van der Waals surface area (Å²) in [5.74, 6) is 1.04. The Bertz CT molecular complexity index is 1130. The van der Waals surface area contributed by atoms with Gasteiger partial charge in [-0.25, -0.2) is 4.68 Å². The van der Waals surface area contributed by atoms with Gasteiger partial charge in [0.2, 0.25) is 5.16 Å². The van der Waals surface area contributed by atoms with Crippen LogP contribution in [0, 0.1) is 17.0 Å². The first-order chi connectivity index (χ1) is 14.1. The topological polar surface area (TPSA) is 86.3 Å². The third kappa shape index (κ3) is 3.14. The van der Waals surface area contributed by atoms with E-state index in [2.05, 4.69) is 20.6 Å². The molecule has 0 saturated carbocycles.